The Labute approximate surface area is 135 Å². The van der Waals surface area contributed by atoms with Gasteiger partial charge in [0.15, 0.2) is 0 Å². The molecule has 0 saturated carbocycles. The van der Waals surface area contributed by atoms with Crippen molar-refractivity contribution >= 4 is 18.1 Å². The summed E-state index contributed by atoms with van der Waals surface area (Å²) in [7, 11) is 0. The van der Waals surface area contributed by atoms with Crippen LogP contribution in [0.3, 0.4) is 0 Å². The minimum atomic E-state index is -0.710. The zero-order chi connectivity index (χ0) is 16.5. The van der Waals surface area contributed by atoms with Crippen molar-refractivity contribution in [2.24, 2.45) is 4.99 Å². The average Bonchev–Trinajstić information content (AvgIpc) is 2.56. The van der Waals surface area contributed by atoms with Gasteiger partial charge in [-0.05, 0) is 67.9 Å². The van der Waals surface area contributed by atoms with E-state index in [4.69, 9.17) is 14.2 Å². The van der Waals surface area contributed by atoms with Crippen LogP contribution in [-0.4, -0.2) is 25.6 Å². The zero-order valence-electron chi connectivity index (χ0n) is 13.2. The summed E-state index contributed by atoms with van der Waals surface area (Å²) in [5.74, 6) is 1.26. The fourth-order valence-corrected chi connectivity index (χ4v) is 1.81. The fraction of sp³-hybridized carbons (Fsp3) is 0.222. The van der Waals surface area contributed by atoms with E-state index >= 15 is 0 Å². The van der Waals surface area contributed by atoms with Crippen LogP contribution in [0.15, 0.2) is 53.5 Å². The van der Waals surface area contributed by atoms with E-state index in [0.717, 1.165) is 17.0 Å². The number of ether oxygens (including phenoxy) is 3. The van der Waals surface area contributed by atoms with Crippen molar-refractivity contribution in [1.82, 2.24) is 0 Å². The van der Waals surface area contributed by atoms with Crippen LogP contribution in [0.4, 0.5) is 10.5 Å². The highest BCUT2D eigenvalue weighted by Crippen LogP contribution is 2.19. The normalized spacial score (nSPS) is 10.5. The summed E-state index contributed by atoms with van der Waals surface area (Å²) < 4.78 is 15.1. The predicted octanol–water partition coefficient (Wildman–Crippen LogP) is 4.37. The quantitative estimate of drug-likeness (QED) is 0.451. The molecule has 0 atom stereocenters. The van der Waals surface area contributed by atoms with Gasteiger partial charge in [0.05, 0.1) is 18.9 Å². The zero-order valence-corrected chi connectivity index (χ0v) is 13.2. The van der Waals surface area contributed by atoms with Gasteiger partial charge in [-0.1, -0.05) is 0 Å². The summed E-state index contributed by atoms with van der Waals surface area (Å²) in [4.78, 5) is 15.6. The van der Waals surface area contributed by atoms with Crippen molar-refractivity contribution < 1.29 is 19.0 Å². The molecule has 23 heavy (non-hydrogen) atoms. The lowest BCUT2D eigenvalue weighted by atomic mass is 10.2. The SMILES string of the molecule is CCOC(=O)Oc1ccc(N=Cc2ccc(OCC)cc2)cc1. The highest BCUT2D eigenvalue weighted by molar-refractivity contribution is 5.82. The maximum atomic E-state index is 11.2. The Morgan fingerprint density at radius 3 is 2.22 bits per heavy atom. The summed E-state index contributed by atoms with van der Waals surface area (Å²) in [6, 6.07) is 14.5. The van der Waals surface area contributed by atoms with Gasteiger partial charge in [0, 0.05) is 6.21 Å². The summed E-state index contributed by atoms with van der Waals surface area (Å²) in [5.41, 5.74) is 1.73. The van der Waals surface area contributed by atoms with E-state index in [2.05, 4.69) is 4.99 Å². The molecule has 0 bridgehead atoms. The van der Waals surface area contributed by atoms with Gasteiger partial charge in [-0.2, -0.15) is 0 Å². The molecular weight excluding hydrogens is 294 g/mol. The van der Waals surface area contributed by atoms with Gasteiger partial charge in [0.2, 0.25) is 0 Å². The van der Waals surface area contributed by atoms with E-state index in [1.54, 1.807) is 37.4 Å². The first-order chi connectivity index (χ1) is 11.2. The van der Waals surface area contributed by atoms with Gasteiger partial charge in [-0.3, -0.25) is 4.99 Å². The lowest BCUT2D eigenvalue weighted by molar-refractivity contribution is 0.104. The Kier molecular flexibility index (Phi) is 6.17. The van der Waals surface area contributed by atoms with E-state index in [1.807, 2.05) is 31.2 Å². The first kappa shape index (κ1) is 16.5. The number of carbonyl (C=O) groups excluding carboxylic acids is 1. The molecule has 0 amide bonds. The second-order valence-electron chi connectivity index (χ2n) is 4.54. The number of benzene rings is 2. The van der Waals surface area contributed by atoms with E-state index < -0.39 is 6.16 Å². The minimum Gasteiger partial charge on any atom is -0.494 e. The van der Waals surface area contributed by atoms with Crippen LogP contribution in [0, 0.1) is 0 Å². The van der Waals surface area contributed by atoms with Gasteiger partial charge in [-0.15, -0.1) is 0 Å². The number of aliphatic imine (C=N–C) groups is 1. The Morgan fingerprint density at radius 1 is 0.957 bits per heavy atom. The molecule has 5 nitrogen and oxygen atoms in total. The largest absolute Gasteiger partial charge is 0.513 e. The second kappa shape index (κ2) is 8.58. The second-order valence-corrected chi connectivity index (χ2v) is 4.54. The minimum absolute atomic E-state index is 0.281. The molecule has 2 aromatic rings. The van der Waals surface area contributed by atoms with Crippen molar-refractivity contribution in [3.63, 3.8) is 0 Å². The summed E-state index contributed by atoms with van der Waals surface area (Å²) in [6.07, 6.45) is 1.05. The highest BCUT2D eigenvalue weighted by atomic mass is 16.7. The molecule has 5 heteroatoms. The van der Waals surface area contributed by atoms with E-state index in [-0.39, 0.29) is 6.61 Å². The Balaban J connectivity index is 1.95. The lowest BCUT2D eigenvalue weighted by Gasteiger charge is -2.04. The predicted molar refractivity (Wildman–Crippen MR) is 89.0 cm³/mol. The van der Waals surface area contributed by atoms with Crippen LogP contribution in [0.5, 0.6) is 11.5 Å². The highest BCUT2D eigenvalue weighted by Gasteiger charge is 2.04. The number of hydrogen-bond donors (Lipinski definition) is 0. The molecule has 2 aromatic carbocycles. The van der Waals surface area contributed by atoms with Gasteiger partial charge in [0.1, 0.15) is 11.5 Å². The molecule has 0 heterocycles. The van der Waals surface area contributed by atoms with Crippen LogP contribution in [0.25, 0.3) is 0 Å². The van der Waals surface area contributed by atoms with E-state index in [9.17, 15) is 4.79 Å². The molecule has 0 aliphatic rings. The van der Waals surface area contributed by atoms with Gasteiger partial charge in [-0.25, -0.2) is 4.79 Å². The Hall–Kier alpha value is -2.82. The molecule has 0 aromatic heterocycles. The molecule has 0 aliphatic carbocycles. The molecular formula is C18H19NO4. The van der Waals surface area contributed by atoms with Crippen LogP contribution in [0.1, 0.15) is 19.4 Å². The van der Waals surface area contributed by atoms with Crippen LogP contribution >= 0.6 is 0 Å². The first-order valence-electron chi connectivity index (χ1n) is 7.43. The molecule has 0 fully saturated rings. The molecule has 0 unspecified atom stereocenters. The maximum absolute atomic E-state index is 11.2. The maximum Gasteiger partial charge on any atom is 0.513 e. The molecule has 0 radical (unpaired) electrons. The molecule has 0 N–H and O–H groups in total. The smallest absolute Gasteiger partial charge is 0.494 e. The van der Waals surface area contributed by atoms with Crippen LogP contribution in [0.2, 0.25) is 0 Å². The molecule has 0 aliphatic heterocycles. The summed E-state index contributed by atoms with van der Waals surface area (Å²) >= 11 is 0. The van der Waals surface area contributed by atoms with Crippen molar-refractivity contribution in [3.05, 3.63) is 54.1 Å². The van der Waals surface area contributed by atoms with Gasteiger partial charge < -0.3 is 14.2 Å². The van der Waals surface area contributed by atoms with E-state index in [1.165, 1.54) is 0 Å². The Morgan fingerprint density at radius 2 is 1.61 bits per heavy atom. The topological polar surface area (TPSA) is 57.1 Å². The van der Waals surface area contributed by atoms with Crippen LogP contribution in [-0.2, 0) is 4.74 Å². The summed E-state index contributed by atoms with van der Waals surface area (Å²) in [5, 5.41) is 0. The summed E-state index contributed by atoms with van der Waals surface area (Å²) in [6.45, 7) is 4.60. The lowest BCUT2D eigenvalue weighted by Crippen LogP contribution is -2.09. The molecule has 2 rings (SSSR count). The Bertz CT molecular complexity index is 648. The number of hydrogen-bond acceptors (Lipinski definition) is 5. The van der Waals surface area contributed by atoms with Crippen molar-refractivity contribution in [1.29, 1.82) is 0 Å². The third-order valence-corrected chi connectivity index (χ3v) is 2.85. The molecule has 0 saturated heterocycles. The standard InChI is InChI=1S/C18H19NO4/c1-3-21-16-9-5-14(6-10-16)13-19-15-7-11-17(12-8-15)23-18(20)22-4-2/h5-13H,3-4H2,1-2H3. The van der Waals surface area contributed by atoms with Crippen LogP contribution < -0.4 is 9.47 Å². The van der Waals surface area contributed by atoms with Crippen molar-refractivity contribution in [2.45, 2.75) is 13.8 Å². The van der Waals surface area contributed by atoms with E-state index in [0.29, 0.717) is 12.4 Å². The number of carbonyl (C=O) groups is 1. The van der Waals surface area contributed by atoms with Gasteiger partial charge in [0.25, 0.3) is 0 Å². The first-order valence-corrected chi connectivity index (χ1v) is 7.43. The average molecular weight is 313 g/mol. The monoisotopic (exact) mass is 313 g/mol. The van der Waals surface area contributed by atoms with Gasteiger partial charge >= 0.3 is 6.16 Å². The molecule has 0 spiro atoms. The van der Waals surface area contributed by atoms with Crippen molar-refractivity contribution in [3.8, 4) is 11.5 Å². The number of nitrogens with zero attached hydrogens (tertiary/aromatic N) is 1. The molecule has 120 valence electrons. The van der Waals surface area contributed by atoms with Crippen molar-refractivity contribution in [2.75, 3.05) is 13.2 Å². The fourth-order valence-electron chi connectivity index (χ4n) is 1.81. The number of rotatable bonds is 6. The third kappa shape index (κ3) is 5.47. The third-order valence-electron chi connectivity index (χ3n) is 2.85.